The molecule has 4 N–H and O–H groups in total. The molecule has 2 aromatic rings. The molecule has 8 nitrogen and oxygen atoms in total. The first kappa shape index (κ1) is 20.0. The van der Waals surface area contributed by atoms with Gasteiger partial charge in [0, 0.05) is 12.2 Å². The molecule has 0 aliphatic rings. The smallest absolute Gasteiger partial charge is 0.321 e. The van der Waals surface area contributed by atoms with Crippen molar-refractivity contribution in [2.45, 2.75) is 26.8 Å². The van der Waals surface area contributed by atoms with Crippen molar-refractivity contribution in [1.29, 1.82) is 0 Å². The summed E-state index contributed by atoms with van der Waals surface area (Å²) in [4.78, 5) is 35.6. The van der Waals surface area contributed by atoms with Crippen LogP contribution in [-0.4, -0.2) is 30.4 Å². The van der Waals surface area contributed by atoms with Gasteiger partial charge in [-0.15, -0.1) is 0 Å². The SMILES string of the molecule is CCNC(=O)NC(=O)[C@H](C)Nc1ccc(F)c(NC(=O)c2ccoc2C)c1. The predicted molar refractivity (Wildman–Crippen MR) is 98.1 cm³/mol. The van der Waals surface area contributed by atoms with E-state index in [-0.39, 0.29) is 5.69 Å². The van der Waals surface area contributed by atoms with Gasteiger partial charge in [0.25, 0.3) is 5.91 Å². The minimum atomic E-state index is -0.766. The Kier molecular flexibility index (Phi) is 6.53. The third-order valence-electron chi connectivity index (χ3n) is 3.67. The number of hydrogen-bond donors (Lipinski definition) is 4. The van der Waals surface area contributed by atoms with Crippen LogP contribution in [0.25, 0.3) is 0 Å². The Labute approximate surface area is 155 Å². The number of imide groups is 1. The fourth-order valence-electron chi connectivity index (χ4n) is 2.26. The van der Waals surface area contributed by atoms with Gasteiger partial charge in [0.1, 0.15) is 17.6 Å². The van der Waals surface area contributed by atoms with Crippen LogP contribution < -0.4 is 21.3 Å². The first-order valence-corrected chi connectivity index (χ1v) is 8.32. The molecule has 9 heteroatoms. The molecule has 4 amide bonds. The third-order valence-corrected chi connectivity index (χ3v) is 3.67. The molecule has 0 bridgehead atoms. The van der Waals surface area contributed by atoms with Gasteiger partial charge in [0.2, 0.25) is 5.91 Å². The van der Waals surface area contributed by atoms with Crippen LogP contribution in [0.3, 0.4) is 0 Å². The number of halogens is 1. The second-order valence-electron chi connectivity index (χ2n) is 5.75. The molecule has 0 radical (unpaired) electrons. The lowest BCUT2D eigenvalue weighted by molar-refractivity contribution is -0.120. The van der Waals surface area contributed by atoms with E-state index in [1.807, 2.05) is 0 Å². The predicted octanol–water partition coefficient (Wildman–Crippen LogP) is 2.63. The molecule has 0 aliphatic heterocycles. The highest BCUT2D eigenvalue weighted by Crippen LogP contribution is 2.22. The number of amides is 4. The van der Waals surface area contributed by atoms with Crippen LogP contribution in [0, 0.1) is 12.7 Å². The molecule has 1 heterocycles. The van der Waals surface area contributed by atoms with Gasteiger partial charge in [-0.2, -0.15) is 0 Å². The van der Waals surface area contributed by atoms with E-state index in [1.54, 1.807) is 20.8 Å². The van der Waals surface area contributed by atoms with Crippen LogP contribution in [0.5, 0.6) is 0 Å². The zero-order valence-electron chi connectivity index (χ0n) is 15.2. The van der Waals surface area contributed by atoms with Crippen molar-refractivity contribution in [1.82, 2.24) is 10.6 Å². The van der Waals surface area contributed by atoms with Crippen molar-refractivity contribution in [3.63, 3.8) is 0 Å². The molecule has 0 aliphatic carbocycles. The van der Waals surface area contributed by atoms with Crippen molar-refractivity contribution in [2.24, 2.45) is 0 Å². The number of carbonyl (C=O) groups excluding carboxylic acids is 3. The number of hydrogen-bond acceptors (Lipinski definition) is 5. The number of furan rings is 1. The largest absolute Gasteiger partial charge is 0.469 e. The minimum Gasteiger partial charge on any atom is -0.469 e. The molecule has 0 saturated heterocycles. The summed E-state index contributed by atoms with van der Waals surface area (Å²) in [6.45, 7) is 5.28. The Bertz CT molecular complexity index is 850. The van der Waals surface area contributed by atoms with Gasteiger partial charge in [-0.05, 0) is 45.0 Å². The fourth-order valence-corrected chi connectivity index (χ4v) is 2.26. The number of benzene rings is 1. The molecule has 1 atom stereocenters. The van der Waals surface area contributed by atoms with Crippen molar-refractivity contribution in [3.05, 3.63) is 47.7 Å². The van der Waals surface area contributed by atoms with Crippen molar-refractivity contribution >= 4 is 29.2 Å². The number of anilines is 2. The lowest BCUT2D eigenvalue weighted by atomic mass is 10.2. The molecule has 2 rings (SSSR count). The summed E-state index contributed by atoms with van der Waals surface area (Å²) in [7, 11) is 0. The summed E-state index contributed by atoms with van der Waals surface area (Å²) in [5.41, 5.74) is 0.638. The van der Waals surface area contributed by atoms with Crippen LogP contribution in [0.15, 0.2) is 34.9 Å². The Hall–Kier alpha value is -3.36. The van der Waals surface area contributed by atoms with Gasteiger partial charge in [-0.3, -0.25) is 14.9 Å². The molecule has 0 unspecified atom stereocenters. The molecular formula is C18H21FN4O4. The molecule has 0 saturated carbocycles. The monoisotopic (exact) mass is 376 g/mol. The maximum atomic E-state index is 14.0. The van der Waals surface area contributed by atoms with E-state index >= 15 is 0 Å². The van der Waals surface area contributed by atoms with Crippen LogP contribution in [0.2, 0.25) is 0 Å². The van der Waals surface area contributed by atoms with Gasteiger partial charge in [0.05, 0.1) is 17.5 Å². The number of carbonyl (C=O) groups is 3. The third kappa shape index (κ3) is 5.30. The summed E-state index contributed by atoms with van der Waals surface area (Å²) in [6, 6.07) is 4.06. The maximum Gasteiger partial charge on any atom is 0.321 e. The minimum absolute atomic E-state index is 0.0538. The average molecular weight is 376 g/mol. The van der Waals surface area contributed by atoms with Gasteiger partial charge < -0.3 is 20.4 Å². The highest BCUT2D eigenvalue weighted by Gasteiger charge is 2.17. The summed E-state index contributed by atoms with van der Waals surface area (Å²) in [5, 5.41) is 9.94. The van der Waals surface area contributed by atoms with E-state index in [2.05, 4.69) is 21.3 Å². The number of rotatable bonds is 6. The maximum absolute atomic E-state index is 14.0. The zero-order chi connectivity index (χ0) is 20.0. The lowest BCUT2D eigenvalue weighted by Gasteiger charge is -2.16. The highest BCUT2D eigenvalue weighted by molar-refractivity contribution is 6.05. The zero-order valence-corrected chi connectivity index (χ0v) is 15.2. The fraction of sp³-hybridized carbons (Fsp3) is 0.278. The molecular weight excluding hydrogens is 355 g/mol. The summed E-state index contributed by atoms with van der Waals surface area (Å²) < 4.78 is 19.1. The molecule has 0 fully saturated rings. The van der Waals surface area contributed by atoms with E-state index in [9.17, 15) is 18.8 Å². The standard InChI is InChI=1S/C18H21FN4O4/c1-4-20-18(26)23-16(24)10(2)21-12-5-6-14(19)15(9-12)22-17(25)13-7-8-27-11(13)3/h5-10,21H,4H2,1-3H3,(H,22,25)(H2,20,23,24,26)/t10-/m0/s1. The van der Waals surface area contributed by atoms with Crippen LogP contribution in [0.1, 0.15) is 30.0 Å². The number of aryl methyl sites for hydroxylation is 1. The van der Waals surface area contributed by atoms with Crippen molar-refractivity contribution < 1.29 is 23.2 Å². The summed E-state index contributed by atoms with van der Waals surface area (Å²) in [5.74, 6) is -1.28. The molecule has 1 aromatic carbocycles. The summed E-state index contributed by atoms with van der Waals surface area (Å²) >= 11 is 0. The second kappa shape index (κ2) is 8.84. The Balaban J connectivity index is 2.06. The molecule has 1 aromatic heterocycles. The first-order valence-electron chi connectivity index (χ1n) is 8.32. The lowest BCUT2D eigenvalue weighted by Crippen LogP contribution is -2.45. The average Bonchev–Trinajstić information content (AvgIpc) is 3.04. The topological polar surface area (TPSA) is 112 Å². The van der Waals surface area contributed by atoms with Gasteiger partial charge in [-0.25, -0.2) is 9.18 Å². The van der Waals surface area contributed by atoms with Crippen molar-refractivity contribution in [2.75, 3.05) is 17.2 Å². The van der Waals surface area contributed by atoms with E-state index in [1.165, 1.54) is 24.5 Å². The Morgan fingerprint density at radius 1 is 1.22 bits per heavy atom. The van der Waals surface area contributed by atoms with E-state index in [0.29, 0.717) is 23.6 Å². The van der Waals surface area contributed by atoms with Gasteiger partial charge >= 0.3 is 6.03 Å². The molecule has 0 spiro atoms. The molecule has 144 valence electrons. The van der Waals surface area contributed by atoms with E-state index in [0.717, 1.165) is 6.07 Å². The van der Waals surface area contributed by atoms with E-state index in [4.69, 9.17) is 4.42 Å². The van der Waals surface area contributed by atoms with Crippen LogP contribution in [0.4, 0.5) is 20.6 Å². The Morgan fingerprint density at radius 2 is 1.96 bits per heavy atom. The second-order valence-corrected chi connectivity index (χ2v) is 5.75. The molecule has 27 heavy (non-hydrogen) atoms. The quantitative estimate of drug-likeness (QED) is 0.619. The normalized spacial score (nSPS) is 11.4. The highest BCUT2D eigenvalue weighted by atomic mass is 19.1. The summed E-state index contributed by atoms with van der Waals surface area (Å²) in [6.07, 6.45) is 1.37. The first-order chi connectivity index (χ1) is 12.8. The Morgan fingerprint density at radius 3 is 2.59 bits per heavy atom. The van der Waals surface area contributed by atoms with Crippen LogP contribution >= 0.6 is 0 Å². The van der Waals surface area contributed by atoms with Gasteiger partial charge in [0.15, 0.2) is 0 Å². The van der Waals surface area contributed by atoms with Crippen LogP contribution in [-0.2, 0) is 4.79 Å². The van der Waals surface area contributed by atoms with E-state index < -0.39 is 29.7 Å². The van der Waals surface area contributed by atoms with Gasteiger partial charge in [-0.1, -0.05) is 0 Å². The van der Waals surface area contributed by atoms with Crippen molar-refractivity contribution in [3.8, 4) is 0 Å². The number of nitrogens with one attached hydrogen (secondary N) is 4. The number of urea groups is 1.